The van der Waals surface area contributed by atoms with Crippen LogP contribution in [0.2, 0.25) is 0 Å². The topological polar surface area (TPSA) is 139 Å². The Hall–Kier alpha value is -2.32. The molecule has 0 aliphatic heterocycles. The van der Waals surface area contributed by atoms with Gasteiger partial charge in [-0.3, -0.25) is 9.59 Å². The van der Waals surface area contributed by atoms with Gasteiger partial charge in [0.2, 0.25) is 5.91 Å². The zero-order valence-electron chi connectivity index (χ0n) is 11.7. The highest BCUT2D eigenvalue weighted by Crippen LogP contribution is 2.26. The normalized spacial score (nSPS) is 14.9. The second kappa shape index (κ2) is 7.46. The lowest BCUT2D eigenvalue weighted by molar-refractivity contribution is -0.143. The van der Waals surface area contributed by atoms with E-state index in [1.807, 2.05) is 0 Å². The van der Waals surface area contributed by atoms with Gasteiger partial charge in [-0.25, -0.2) is 9.59 Å². The smallest absolute Gasteiger partial charge is 0.326 e. The monoisotopic (exact) mass is 301 g/mol. The first-order chi connectivity index (χ1) is 9.85. The summed E-state index contributed by atoms with van der Waals surface area (Å²) in [5, 5.41) is 11.1. The van der Waals surface area contributed by atoms with E-state index in [1.165, 1.54) is 4.90 Å². The Bertz CT molecular complexity index is 435. The van der Waals surface area contributed by atoms with Crippen LogP contribution in [-0.4, -0.2) is 59.1 Å². The highest BCUT2D eigenvalue weighted by molar-refractivity contribution is 5.89. The fourth-order valence-corrected chi connectivity index (χ4v) is 1.73. The van der Waals surface area contributed by atoms with E-state index in [0.717, 1.165) is 12.8 Å². The van der Waals surface area contributed by atoms with Crippen molar-refractivity contribution in [2.45, 2.75) is 38.3 Å². The molecular formula is C12H19N3O6. The van der Waals surface area contributed by atoms with Crippen molar-refractivity contribution < 1.29 is 29.0 Å². The Morgan fingerprint density at radius 1 is 1.38 bits per heavy atom. The quantitative estimate of drug-likeness (QED) is 0.494. The molecule has 4 N–H and O–H groups in total. The highest BCUT2D eigenvalue weighted by atomic mass is 16.5. The van der Waals surface area contributed by atoms with Crippen LogP contribution >= 0.6 is 0 Å². The molecule has 1 atom stereocenters. The largest absolute Gasteiger partial charge is 0.480 e. The van der Waals surface area contributed by atoms with Gasteiger partial charge in [0.25, 0.3) is 0 Å². The molecule has 0 aromatic heterocycles. The van der Waals surface area contributed by atoms with Crippen molar-refractivity contribution in [3.63, 3.8) is 0 Å². The lowest BCUT2D eigenvalue weighted by Gasteiger charge is -2.23. The molecule has 0 bridgehead atoms. The number of primary amides is 1. The van der Waals surface area contributed by atoms with Crippen LogP contribution in [0, 0.1) is 0 Å². The Balaban J connectivity index is 2.65. The average molecular weight is 301 g/mol. The second-order valence-corrected chi connectivity index (χ2v) is 4.67. The summed E-state index contributed by atoms with van der Waals surface area (Å²) in [5.41, 5.74) is 4.93. The molecule has 0 aromatic rings. The number of hydrogen-bond acceptors (Lipinski definition) is 5. The molecule has 3 amide bonds. The minimum atomic E-state index is -1.42. The van der Waals surface area contributed by atoms with Crippen LogP contribution in [0.5, 0.6) is 0 Å². The summed E-state index contributed by atoms with van der Waals surface area (Å²) in [6.07, 6.45) is 0.958. The SMILES string of the molecule is CCOC(=O)CN(C(=O)N[C@@H](CC(N)=O)C(=O)O)C1CC1. The molecule has 21 heavy (non-hydrogen) atoms. The van der Waals surface area contributed by atoms with E-state index in [4.69, 9.17) is 15.6 Å². The zero-order chi connectivity index (χ0) is 16.0. The summed E-state index contributed by atoms with van der Waals surface area (Å²) >= 11 is 0. The van der Waals surface area contributed by atoms with Gasteiger partial charge in [-0.2, -0.15) is 0 Å². The van der Waals surface area contributed by atoms with Gasteiger partial charge in [0, 0.05) is 6.04 Å². The van der Waals surface area contributed by atoms with E-state index in [-0.39, 0.29) is 19.2 Å². The number of nitrogens with two attached hydrogens (primary N) is 1. The number of amides is 3. The summed E-state index contributed by atoms with van der Waals surface area (Å²) in [6, 6.07) is -2.25. The Morgan fingerprint density at radius 2 is 2.00 bits per heavy atom. The number of rotatable bonds is 8. The highest BCUT2D eigenvalue weighted by Gasteiger charge is 2.36. The molecule has 0 heterocycles. The minimum absolute atomic E-state index is 0.113. The second-order valence-electron chi connectivity index (χ2n) is 4.67. The third-order valence-corrected chi connectivity index (χ3v) is 2.85. The van der Waals surface area contributed by atoms with Gasteiger partial charge < -0.3 is 25.8 Å². The van der Waals surface area contributed by atoms with Crippen molar-refractivity contribution in [1.82, 2.24) is 10.2 Å². The molecule has 0 saturated heterocycles. The number of nitrogens with one attached hydrogen (secondary N) is 1. The van der Waals surface area contributed by atoms with Crippen LogP contribution in [-0.2, 0) is 19.1 Å². The molecular weight excluding hydrogens is 282 g/mol. The van der Waals surface area contributed by atoms with Crippen molar-refractivity contribution in [1.29, 1.82) is 0 Å². The molecule has 1 aliphatic carbocycles. The van der Waals surface area contributed by atoms with Gasteiger partial charge in [-0.05, 0) is 19.8 Å². The van der Waals surface area contributed by atoms with Gasteiger partial charge in [-0.1, -0.05) is 0 Å². The Morgan fingerprint density at radius 3 is 2.43 bits per heavy atom. The minimum Gasteiger partial charge on any atom is -0.480 e. The first-order valence-electron chi connectivity index (χ1n) is 6.59. The van der Waals surface area contributed by atoms with E-state index >= 15 is 0 Å². The van der Waals surface area contributed by atoms with Gasteiger partial charge >= 0.3 is 18.0 Å². The summed E-state index contributed by atoms with van der Waals surface area (Å²) in [5.74, 6) is -2.78. The number of carboxylic acids is 1. The van der Waals surface area contributed by atoms with Crippen LogP contribution in [0.4, 0.5) is 4.79 Å². The number of hydrogen-bond donors (Lipinski definition) is 3. The maximum Gasteiger partial charge on any atom is 0.326 e. The molecule has 1 saturated carbocycles. The van der Waals surface area contributed by atoms with Gasteiger partial charge in [0.1, 0.15) is 12.6 Å². The number of carbonyl (C=O) groups is 4. The van der Waals surface area contributed by atoms with Crippen molar-refractivity contribution in [2.24, 2.45) is 5.73 Å². The zero-order valence-corrected chi connectivity index (χ0v) is 11.7. The van der Waals surface area contributed by atoms with Gasteiger partial charge in [0.05, 0.1) is 13.0 Å². The first kappa shape index (κ1) is 16.7. The number of ether oxygens (including phenoxy) is 1. The molecule has 9 nitrogen and oxygen atoms in total. The van der Waals surface area contributed by atoms with Crippen LogP contribution in [0.15, 0.2) is 0 Å². The van der Waals surface area contributed by atoms with Crippen LogP contribution in [0.1, 0.15) is 26.2 Å². The lowest BCUT2D eigenvalue weighted by atomic mass is 10.2. The molecule has 9 heteroatoms. The molecule has 1 rings (SSSR count). The van der Waals surface area contributed by atoms with E-state index in [9.17, 15) is 19.2 Å². The van der Waals surface area contributed by atoms with Crippen molar-refractivity contribution in [2.75, 3.05) is 13.2 Å². The molecule has 118 valence electrons. The number of carbonyl (C=O) groups excluding carboxylic acids is 3. The molecule has 0 spiro atoms. The van der Waals surface area contributed by atoms with Crippen molar-refractivity contribution >= 4 is 23.9 Å². The first-order valence-corrected chi connectivity index (χ1v) is 6.59. The number of urea groups is 1. The summed E-state index contributed by atoms with van der Waals surface area (Å²) in [6.45, 7) is 1.58. The standard InChI is InChI=1S/C12H19N3O6/c1-2-21-10(17)6-15(7-3-4-7)12(20)14-8(11(18)19)5-9(13)16/h7-8H,2-6H2,1H3,(H2,13,16)(H,14,20)(H,18,19)/t8-/m0/s1. The Labute approximate surface area is 121 Å². The third kappa shape index (κ3) is 5.67. The van der Waals surface area contributed by atoms with E-state index < -0.39 is 36.3 Å². The summed E-state index contributed by atoms with van der Waals surface area (Å²) in [4.78, 5) is 46.5. The maximum absolute atomic E-state index is 12.1. The summed E-state index contributed by atoms with van der Waals surface area (Å²) < 4.78 is 4.77. The molecule has 1 fully saturated rings. The molecule has 1 aliphatic rings. The third-order valence-electron chi connectivity index (χ3n) is 2.85. The predicted molar refractivity (Wildman–Crippen MR) is 70.1 cm³/mol. The lowest BCUT2D eigenvalue weighted by Crippen LogP contribution is -2.51. The molecule has 0 radical (unpaired) electrons. The van der Waals surface area contributed by atoms with Crippen molar-refractivity contribution in [3.05, 3.63) is 0 Å². The maximum atomic E-state index is 12.1. The number of aliphatic carboxylic acids is 1. The predicted octanol–water partition coefficient (Wildman–Crippen LogP) is -0.948. The summed E-state index contributed by atoms with van der Waals surface area (Å²) in [7, 11) is 0. The van der Waals surface area contributed by atoms with Crippen LogP contribution in [0.25, 0.3) is 0 Å². The number of carboxylic acid groups (broad SMARTS) is 1. The fraction of sp³-hybridized carbons (Fsp3) is 0.667. The number of nitrogens with zero attached hydrogens (tertiary/aromatic N) is 1. The van der Waals surface area contributed by atoms with Gasteiger partial charge in [-0.15, -0.1) is 0 Å². The van der Waals surface area contributed by atoms with E-state index in [1.54, 1.807) is 6.92 Å². The van der Waals surface area contributed by atoms with Crippen molar-refractivity contribution in [3.8, 4) is 0 Å². The van der Waals surface area contributed by atoms with Crippen LogP contribution in [0.3, 0.4) is 0 Å². The van der Waals surface area contributed by atoms with E-state index in [0.29, 0.717) is 0 Å². The molecule has 0 aromatic carbocycles. The Kier molecular flexibility index (Phi) is 5.94. The molecule has 0 unspecified atom stereocenters. The van der Waals surface area contributed by atoms with Gasteiger partial charge in [0.15, 0.2) is 0 Å². The number of esters is 1. The fourth-order valence-electron chi connectivity index (χ4n) is 1.73. The van der Waals surface area contributed by atoms with E-state index in [2.05, 4.69) is 5.32 Å². The average Bonchev–Trinajstić information content (AvgIpc) is 3.18. The van der Waals surface area contributed by atoms with Crippen LogP contribution < -0.4 is 11.1 Å².